The molecule has 2 amide bonds. The Morgan fingerprint density at radius 3 is 2.44 bits per heavy atom. The van der Waals surface area contributed by atoms with Gasteiger partial charge in [0, 0.05) is 48.8 Å². The van der Waals surface area contributed by atoms with E-state index < -0.39 is 0 Å². The van der Waals surface area contributed by atoms with Gasteiger partial charge in [-0.05, 0) is 79.5 Å². The number of aromatic amines is 2. The van der Waals surface area contributed by atoms with E-state index in [1.165, 1.54) is 24.0 Å². The number of benzene rings is 3. The van der Waals surface area contributed by atoms with Crippen LogP contribution in [0.1, 0.15) is 52.9 Å². The van der Waals surface area contributed by atoms with Crippen LogP contribution in [0, 0.1) is 6.92 Å². The lowest BCUT2D eigenvalue weighted by atomic mass is 10.1. The van der Waals surface area contributed by atoms with Crippen LogP contribution < -0.4 is 0 Å². The Bertz CT molecular complexity index is 1550. The molecular weight excluding hydrogens is 484 g/mol. The molecule has 0 saturated heterocycles. The normalized spacial score (nSPS) is 12.7. The summed E-state index contributed by atoms with van der Waals surface area (Å²) in [6, 6.07) is 26.8. The number of fused-ring (bicyclic) bond motifs is 2. The van der Waals surface area contributed by atoms with Crippen LogP contribution in [-0.2, 0) is 11.3 Å². The number of amides is 2. The van der Waals surface area contributed by atoms with Crippen molar-refractivity contribution in [2.75, 3.05) is 19.6 Å². The molecule has 1 fully saturated rings. The zero-order valence-corrected chi connectivity index (χ0v) is 22.7. The summed E-state index contributed by atoms with van der Waals surface area (Å²) in [6.45, 7) is 6.12. The Balaban J connectivity index is 0.000000384. The highest BCUT2D eigenvalue weighted by Crippen LogP contribution is 2.40. The smallest absolute Gasteiger partial charge is 0.270 e. The van der Waals surface area contributed by atoms with Crippen molar-refractivity contribution in [3.63, 3.8) is 0 Å². The van der Waals surface area contributed by atoms with E-state index in [0.29, 0.717) is 37.8 Å². The van der Waals surface area contributed by atoms with Crippen molar-refractivity contribution in [3.05, 3.63) is 107 Å². The third-order valence-electron chi connectivity index (χ3n) is 7.34. The third kappa shape index (κ3) is 6.58. The SMILES string of the molecule is CCN(CCN(C=O)Cc1ccc2cc[nH]c2c1)C(=O)c1cc2cc(C3CC3)ccc2[nH]1.Cc1ccccc1. The Hall–Kier alpha value is -4.32. The fraction of sp³-hybridized carbons (Fsp3) is 0.273. The van der Waals surface area contributed by atoms with Gasteiger partial charge in [0.2, 0.25) is 6.41 Å². The average molecular weight is 521 g/mol. The summed E-state index contributed by atoms with van der Waals surface area (Å²) in [5.41, 5.74) is 6.39. The fourth-order valence-corrected chi connectivity index (χ4v) is 4.89. The summed E-state index contributed by atoms with van der Waals surface area (Å²) < 4.78 is 0. The maximum absolute atomic E-state index is 13.1. The van der Waals surface area contributed by atoms with Gasteiger partial charge in [0.15, 0.2) is 0 Å². The topological polar surface area (TPSA) is 72.2 Å². The van der Waals surface area contributed by atoms with Gasteiger partial charge in [-0.1, -0.05) is 54.1 Å². The lowest BCUT2D eigenvalue weighted by Gasteiger charge is -2.24. The highest BCUT2D eigenvalue weighted by Gasteiger charge is 2.24. The van der Waals surface area contributed by atoms with E-state index in [0.717, 1.165) is 33.8 Å². The maximum Gasteiger partial charge on any atom is 0.270 e. The second kappa shape index (κ2) is 12.0. The van der Waals surface area contributed by atoms with Crippen LogP contribution in [0.25, 0.3) is 21.8 Å². The number of aromatic nitrogens is 2. The Morgan fingerprint density at radius 1 is 0.923 bits per heavy atom. The van der Waals surface area contributed by atoms with Crippen LogP contribution in [0.3, 0.4) is 0 Å². The van der Waals surface area contributed by atoms with Crippen LogP contribution in [0.4, 0.5) is 0 Å². The molecule has 0 aliphatic heterocycles. The van der Waals surface area contributed by atoms with Crippen molar-refractivity contribution in [2.24, 2.45) is 0 Å². The predicted molar refractivity (Wildman–Crippen MR) is 158 cm³/mol. The molecule has 39 heavy (non-hydrogen) atoms. The van der Waals surface area contributed by atoms with Gasteiger partial charge in [-0.2, -0.15) is 0 Å². The quantitative estimate of drug-likeness (QED) is 0.214. The number of hydrogen-bond donors (Lipinski definition) is 2. The van der Waals surface area contributed by atoms with Crippen molar-refractivity contribution < 1.29 is 9.59 Å². The van der Waals surface area contributed by atoms with Gasteiger partial charge < -0.3 is 19.8 Å². The Kier molecular flexibility index (Phi) is 8.11. The summed E-state index contributed by atoms with van der Waals surface area (Å²) in [6.07, 6.45) is 5.29. The summed E-state index contributed by atoms with van der Waals surface area (Å²) in [5.74, 6) is 0.656. The van der Waals surface area contributed by atoms with Gasteiger partial charge in [-0.15, -0.1) is 0 Å². The largest absolute Gasteiger partial charge is 0.361 e. The number of H-pyrrole nitrogens is 2. The van der Waals surface area contributed by atoms with E-state index >= 15 is 0 Å². The Labute approximate surface area is 229 Å². The summed E-state index contributed by atoms with van der Waals surface area (Å²) in [5, 5.41) is 2.24. The average Bonchev–Trinajstić information content (AvgIpc) is 3.55. The second-order valence-electron chi connectivity index (χ2n) is 10.3. The Morgan fingerprint density at radius 2 is 1.74 bits per heavy atom. The minimum absolute atomic E-state index is 0.0321. The number of carbonyl (C=O) groups is 2. The molecule has 1 aliphatic carbocycles. The molecule has 1 saturated carbocycles. The highest BCUT2D eigenvalue weighted by atomic mass is 16.2. The van der Waals surface area contributed by atoms with Gasteiger partial charge in [-0.3, -0.25) is 9.59 Å². The van der Waals surface area contributed by atoms with E-state index in [-0.39, 0.29) is 5.91 Å². The molecule has 6 nitrogen and oxygen atoms in total. The highest BCUT2D eigenvalue weighted by molar-refractivity contribution is 5.98. The van der Waals surface area contributed by atoms with Crippen LogP contribution in [0.2, 0.25) is 0 Å². The van der Waals surface area contributed by atoms with Crippen molar-refractivity contribution in [3.8, 4) is 0 Å². The molecule has 6 rings (SSSR count). The number of likely N-dealkylation sites (N-methyl/N-ethyl adjacent to an activating group) is 1. The number of nitrogens with zero attached hydrogens (tertiary/aromatic N) is 2. The molecule has 6 heteroatoms. The number of nitrogens with one attached hydrogen (secondary N) is 2. The summed E-state index contributed by atoms with van der Waals surface area (Å²) in [4.78, 5) is 34.8. The zero-order chi connectivity index (χ0) is 27.2. The molecule has 200 valence electrons. The van der Waals surface area contributed by atoms with E-state index in [4.69, 9.17) is 0 Å². The molecule has 0 unspecified atom stereocenters. The summed E-state index contributed by atoms with van der Waals surface area (Å²) >= 11 is 0. The lowest BCUT2D eigenvalue weighted by Crippen LogP contribution is -2.38. The first kappa shape index (κ1) is 26.3. The monoisotopic (exact) mass is 520 g/mol. The van der Waals surface area contributed by atoms with Gasteiger partial charge in [-0.25, -0.2) is 0 Å². The minimum Gasteiger partial charge on any atom is -0.361 e. The van der Waals surface area contributed by atoms with Gasteiger partial charge in [0.25, 0.3) is 5.91 Å². The van der Waals surface area contributed by atoms with Crippen molar-refractivity contribution in [1.82, 2.24) is 19.8 Å². The zero-order valence-electron chi connectivity index (χ0n) is 22.7. The number of aryl methyl sites for hydroxylation is 1. The molecule has 0 atom stereocenters. The van der Waals surface area contributed by atoms with Crippen LogP contribution in [0.5, 0.6) is 0 Å². The lowest BCUT2D eigenvalue weighted by molar-refractivity contribution is -0.118. The molecule has 0 bridgehead atoms. The molecule has 0 radical (unpaired) electrons. The third-order valence-corrected chi connectivity index (χ3v) is 7.34. The molecule has 2 N–H and O–H groups in total. The first-order valence-corrected chi connectivity index (χ1v) is 13.7. The van der Waals surface area contributed by atoms with E-state index in [2.05, 4.69) is 59.4 Å². The molecule has 2 aromatic heterocycles. The second-order valence-corrected chi connectivity index (χ2v) is 10.3. The predicted octanol–water partition coefficient (Wildman–Crippen LogP) is 6.64. The molecule has 1 aliphatic rings. The van der Waals surface area contributed by atoms with Crippen LogP contribution in [0.15, 0.2) is 85.1 Å². The molecule has 5 aromatic rings. The van der Waals surface area contributed by atoms with Crippen LogP contribution >= 0.6 is 0 Å². The number of carbonyl (C=O) groups excluding carboxylic acids is 2. The van der Waals surface area contributed by atoms with Gasteiger partial charge in [0.05, 0.1) is 0 Å². The molecule has 0 spiro atoms. The first-order chi connectivity index (χ1) is 19.0. The van der Waals surface area contributed by atoms with Crippen molar-refractivity contribution >= 4 is 34.1 Å². The molecule has 3 aromatic carbocycles. The number of rotatable bonds is 9. The van der Waals surface area contributed by atoms with Crippen LogP contribution in [-0.4, -0.2) is 51.7 Å². The summed E-state index contributed by atoms with van der Waals surface area (Å²) in [7, 11) is 0. The van der Waals surface area contributed by atoms with E-state index in [1.54, 1.807) is 9.80 Å². The maximum atomic E-state index is 13.1. The van der Waals surface area contributed by atoms with E-state index in [1.807, 2.05) is 49.5 Å². The van der Waals surface area contributed by atoms with Gasteiger partial charge in [0.1, 0.15) is 5.69 Å². The van der Waals surface area contributed by atoms with Gasteiger partial charge >= 0.3 is 0 Å². The fourth-order valence-electron chi connectivity index (χ4n) is 4.89. The van der Waals surface area contributed by atoms with E-state index in [9.17, 15) is 9.59 Å². The molecular formula is C33H36N4O2. The van der Waals surface area contributed by atoms with Crippen molar-refractivity contribution in [1.29, 1.82) is 0 Å². The molecule has 2 heterocycles. The standard InChI is InChI=1S/C26H28N4O2.C7H8/c1-2-30(12-11-29(17-31)16-18-3-4-20-9-10-27-24(20)13-18)26(32)25-15-22-14-21(19-5-6-19)7-8-23(22)28-25;1-7-5-3-2-4-6-7/h3-4,7-10,13-15,17,19,27-28H,2,5-6,11-12,16H2,1H3;2-6H,1H3. The van der Waals surface area contributed by atoms with Crippen molar-refractivity contribution in [2.45, 2.75) is 39.2 Å². The minimum atomic E-state index is -0.0321. The first-order valence-electron chi connectivity index (χ1n) is 13.7. The number of hydrogen-bond acceptors (Lipinski definition) is 2.